The number of amides is 2. The molecule has 2 atom stereocenters. The number of carbonyl (C=O) groups is 1. The molecule has 7 nitrogen and oxygen atoms in total. The molecule has 0 saturated heterocycles. The molecule has 0 fully saturated rings. The number of nitrogens with zero attached hydrogens (tertiary/aromatic N) is 1. The van der Waals surface area contributed by atoms with Crippen molar-refractivity contribution in [2.75, 3.05) is 33.2 Å². The number of aryl methyl sites for hydroxylation is 1. The molecule has 3 aromatic carbocycles. The van der Waals surface area contributed by atoms with E-state index >= 15 is 0 Å². The smallest absolute Gasteiger partial charge is 0.319 e. The highest BCUT2D eigenvalue weighted by Crippen LogP contribution is 2.40. The maximum Gasteiger partial charge on any atom is 0.319 e. The molecular weight excluding hydrogens is 454 g/mol. The Hall–Kier alpha value is -3.71. The minimum Gasteiger partial charge on any atom is -0.497 e. The maximum absolute atomic E-state index is 12.9. The molecular formula is C29H35N3O4. The van der Waals surface area contributed by atoms with E-state index in [0.29, 0.717) is 5.75 Å². The molecule has 0 saturated carbocycles. The van der Waals surface area contributed by atoms with Crippen LogP contribution in [0.1, 0.15) is 35.2 Å². The summed E-state index contributed by atoms with van der Waals surface area (Å²) in [6, 6.07) is 19.5. The molecule has 4 rings (SSSR count). The van der Waals surface area contributed by atoms with Gasteiger partial charge in [0.15, 0.2) is 11.5 Å². The highest BCUT2D eigenvalue weighted by Gasteiger charge is 2.33. The number of hydrogen-bond donors (Lipinski definition) is 2. The van der Waals surface area contributed by atoms with Gasteiger partial charge < -0.3 is 24.8 Å². The van der Waals surface area contributed by atoms with Crippen molar-refractivity contribution in [2.24, 2.45) is 0 Å². The number of nitrogens with one attached hydrogen (secondary N) is 2. The Morgan fingerprint density at radius 3 is 2.28 bits per heavy atom. The number of ether oxygens (including phenoxy) is 3. The van der Waals surface area contributed by atoms with Crippen molar-refractivity contribution in [1.29, 1.82) is 0 Å². The monoisotopic (exact) mass is 489 g/mol. The Labute approximate surface area is 213 Å². The summed E-state index contributed by atoms with van der Waals surface area (Å²) in [7, 11) is 4.97. The van der Waals surface area contributed by atoms with Crippen molar-refractivity contribution >= 4 is 11.7 Å². The van der Waals surface area contributed by atoms with E-state index in [1.165, 1.54) is 11.1 Å². The molecule has 0 aromatic heterocycles. The van der Waals surface area contributed by atoms with Crippen LogP contribution in [-0.4, -0.2) is 44.8 Å². The standard InChI is InChI=1S/C29H35N3O4/c1-19-6-10-23(11-7-19)31-29(33)30-20(2)28-25-17-27(36-5)26(35-4)16-22(25)14-15-32(28)18-21-8-12-24(34-3)13-9-21/h6-13,16-17,20,28H,14-15,18H2,1-5H3,(H2,30,31,33). The van der Waals surface area contributed by atoms with Gasteiger partial charge in [0.1, 0.15) is 5.75 Å². The van der Waals surface area contributed by atoms with Crippen molar-refractivity contribution in [3.63, 3.8) is 0 Å². The largest absolute Gasteiger partial charge is 0.497 e. The SMILES string of the molecule is COc1ccc(CN2CCc3cc(OC)c(OC)cc3C2C(C)NC(=O)Nc2ccc(C)cc2)cc1. The number of hydrogen-bond acceptors (Lipinski definition) is 5. The lowest BCUT2D eigenvalue weighted by atomic mass is 9.87. The zero-order chi connectivity index (χ0) is 25.7. The minimum absolute atomic E-state index is 0.0561. The van der Waals surface area contributed by atoms with E-state index in [0.717, 1.165) is 47.8 Å². The van der Waals surface area contributed by atoms with Crippen LogP contribution in [0.3, 0.4) is 0 Å². The molecule has 3 aromatic rings. The fourth-order valence-corrected chi connectivity index (χ4v) is 4.85. The highest BCUT2D eigenvalue weighted by molar-refractivity contribution is 5.89. The van der Waals surface area contributed by atoms with Crippen LogP contribution in [0.25, 0.3) is 0 Å². The first-order valence-electron chi connectivity index (χ1n) is 12.2. The van der Waals surface area contributed by atoms with Gasteiger partial charge in [-0.25, -0.2) is 4.79 Å². The first kappa shape index (κ1) is 25.4. The number of urea groups is 1. The van der Waals surface area contributed by atoms with Crippen molar-refractivity contribution in [2.45, 2.75) is 38.9 Å². The average molecular weight is 490 g/mol. The third-order valence-corrected chi connectivity index (χ3v) is 6.71. The van der Waals surface area contributed by atoms with Crippen LogP contribution in [0, 0.1) is 6.92 Å². The number of benzene rings is 3. The number of anilines is 1. The van der Waals surface area contributed by atoms with Crippen molar-refractivity contribution in [1.82, 2.24) is 10.2 Å². The van der Waals surface area contributed by atoms with Gasteiger partial charge >= 0.3 is 6.03 Å². The van der Waals surface area contributed by atoms with Crippen LogP contribution in [0.2, 0.25) is 0 Å². The molecule has 0 spiro atoms. The van der Waals surface area contributed by atoms with Gasteiger partial charge in [-0.15, -0.1) is 0 Å². The van der Waals surface area contributed by atoms with Gasteiger partial charge in [0.25, 0.3) is 0 Å². The maximum atomic E-state index is 12.9. The molecule has 1 aliphatic heterocycles. The molecule has 2 N–H and O–H groups in total. The van der Waals surface area contributed by atoms with Crippen LogP contribution in [0.4, 0.5) is 10.5 Å². The zero-order valence-electron chi connectivity index (χ0n) is 21.6. The second-order valence-corrected chi connectivity index (χ2v) is 9.17. The number of fused-ring (bicyclic) bond motifs is 1. The van der Waals surface area contributed by atoms with Gasteiger partial charge in [-0.3, -0.25) is 4.90 Å². The Kier molecular flexibility index (Phi) is 8.00. The summed E-state index contributed by atoms with van der Waals surface area (Å²) < 4.78 is 16.5. The van der Waals surface area contributed by atoms with Gasteiger partial charge in [-0.2, -0.15) is 0 Å². The van der Waals surface area contributed by atoms with Gasteiger partial charge in [0.05, 0.1) is 27.4 Å². The third kappa shape index (κ3) is 5.74. The lowest BCUT2D eigenvalue weighted by Crippen LogP contribution is -2.48. The number of methoxy groups -OCH3 is 3. The number of carbonyl (C=O) groups excluding carboxylic acids is 1. The molecule has 1 aliphatic rings. The average Bonchev–Trinajstić information content (AvgIpc) is 2.89. The first-order chi connectivity index (χ1) is 17.4. The van der Waals surface area contributed by atoms with Crippen LogP contribution >= 0.6 is 0 Å². The van der Waals surface area contributed by atoms with Gasteiger partial charge in [0, 0.05) is 24.8 Å². The molecule has 2 amide bonds. The molecule has 0 bridgehead atoms. The first-order valence-corrected chi connectivity index (χ1v) is 12.2. The summed E-state index contributed by atoms with van der Waals surface area (Å²) in [5, 5.41) is 6.12. The Bertz CT molecular complexity index is 1180. The topological polar surface area (TPSA) is 72.1 Å². The van der Waals surface area contributed by atoms with Crippen LogP contribution in [0.5, 0.6) is 17.2 Å². The van der Waals surface area contributed by atoms with Crippen LogP contribution < -0.4 is 24.8 Å². The Morgan fingerprint density at radius 1 is 0.972 bits per heavy atom. The summed E-state index contributed by atoms with van der Waals surface area (Å²) in [5.74, 6) is 2.24. The number of rotatable bonds is 8. The lowest BCUT2D eigenvalue weighted by Gasteiger charge is -2.41. The lowest BCUT2D eigenvalue weighted by molar-refractivity contribution is 0.144. The zero-order valence-corrected chi connectivity index (χ0v) is 21.6. The normalized spacial score (nSPS) is 16.0. The molecule has 0 aliphatic carbocycles. The van der Waals surface area contributed by atoms with E-state index in [4.69, 9.17) is 14.2 Å². The van der Waals surface area contributed by atoms with E-state index in [-0.39, 0.29) is 18.1 Å². The predicted octanol–water partition coefficient (Wildman–Crippen LogP) is 5.33. The molecule has 1 heterocycles. The van der Waals surface area contributed by atoms with E-state index in [1.807, 2.05) is 50.2 Å². The summed E-state index contributed by atoms with van der Waals surface area (Å²) in [6.45, 7) is 5.66. The van der Waals surface area contributed by atoms with Crippen molar-refractivity contribution < 1.29 is 19.0 Å². The third-order valence-electron chi connectivity index (χ3n) is 6.71. The summed E-state index contributed by atoms with van der Waals surface area (Å²) in [5.41, 5.74) is 5.43. The second kappa shape index (κ2) is 11.4. The van der Waals surface area contributed by atoms with Gasteiger partial charge in [0.2, 0.25) is 0 Å². The second-order valence-electron chi connectivity index (χ2n) is 9.17. The molecule has 36 heavy (non-hydrogen) atoms. The molecule has 0 radical (unpaired) electrons. The fourth-order valence-electron chi connectivity index (χ4n) is 4.85. The summed E-state index contributed by atoms with van der Waals surface area (Å²) in [6.07, 6.45) is 0.880. The van der Waals surface area contributed by atoms with Crippen molar-refractivity contribution in [3.05, 3.63) is 82.9 Å². The van der Waals surface area contributed by atoms with Crippen molar-refractivity contribution in [3.8, 4) is 17.2 Å². The van der Waals surface area contributed by atoms with E-state index in [2.05, 4.69) is 39.8 Å². The summed E-state index contributed by atoms with van der Waals surface area (Å²) >= 11 is 0. The molecule has 2 unspecified atom stereocenters. The predicted molar refractivity (Wildman–Crippen MR) is 142 cm³/mol. The highest BCUT2D eigenvalue weighted by atomic mass is 16.5. The quantitative estimate of drug-likeness (QED) is 0.448. The van der Waals surface area contributed by atoms with Gasteiger partial charge in [-0.05, 0) is 73.4 Å². The Balaban J connectivity index is 1.61. The van der Waals surface area contributed by atoms with E-state index in [9.17, 15) is 4.79 Å². The molecule has 190 valence electrons. The van der Waals surface area contributed by atoms with Crippen LogP contribution in [0.15, 0.2) is 60.7 Å². The van der Waals surface area contributed by atoms with E-state index < -0.39 is 0 Å². The van der Waals surface area contributed by atoms with Crippen LogP contribution in [-0.2, 0) is 13.0 Å². The van der Waals surface area contributed by atoms with E-state index in [1.54, 1.807) is 21.3 Å². The molecule has 7 heteroatoms. The fraction of sp³-hybridized carbons (Fsp3) is 0.345. The Morgan fingerprint density at radius 2 is 1.64 bits per heavy atom. The summed E-state index contributed by atoms with van der Waals surface area (Å²) in [4.78, 5) is 15.3. The minimum atomic E-state index is -0.233. The van der Waals surface area contributed by atoms with Gasteiger partial charge in [-0.1, -0.05) is 29.8 Å².